The molecule has 1 N–H and O–H groups in total. The van der Waals surface area contributed by atoms with E-state index in [-0.39, 0.29) is 6.61 Å². The van der Waals surface area contributed by atoms with E-state index in [0.717, 1.165) is 5.75 Å². The van der Waals surface area contributed by atoms with Crippen molar-refractivity contribution in [2.45, 2.75) is 6.61 Å². The molecule has 0 fully saturated rings. The minimum Gasteiger partial charge on any atom is -0.493 e. The van der Waals surface area contributed by atoms with E-state index in [1.807, 2.05) is 6.26 Å². The SMILES string of the molecule is COc1cc(Cl)cc(CO)c1OCCSC. The van der Waals surface area contributed by atoms with Gasteiger partial charge in [-0.1, -0.05) is 11.6 Å². The topological polar surface area (TPSA) is 38.7 Å². The number of ether oxygens (including phenoxy) is 2. The molecule has 3 nitrogen and oxygen atoms in total. The summed E-state index contributed by atoms with van der Waals surface area (Å²) in [5.41, 5.74) is 0.644. The Hall–Kier alpha value is -0.580. The van der Waals surface area contributed by atoms with Crippen molar-refractivity contribution in [3.05, 3.63) is 22.7 Å². The fraction of sp³-hybridized carbons (Fsp3) is 0.455. The number of methoxy groups -OCH3 is 1. The predicted molar refractivity (Wildman–Crippen MR) is 67.8 cm³/mol. The van der Waals surface area contributed by atoms with Gasteiger partial charge in [0.1, 0.15) is 0 Å². The second-order valence-corrected chi connectivity index (χ2v) is 4.52. The number of halogens is 1. The lowest BCUT2D eigenvalue weighted by atomic mass is 10.2. The fourth-order valence-electron chi connectivity index (χ4n) is 1.28. The Morgan fingerprint density at radius 2 is 2.19 bits per heavy atom. The summed E-state index contributed by atoms with van der Waals surface area (Å²) in [6.45, 7) is 0.456. The standard InChI is InChI=1S/C11H15ClO3S/c1-14-10-6-9(12)5-8(7-13)11(10)15-3-4-16-2/h5-6,13H,3-4,7H2,1-2H3. The monoisotopic (exact) mass is 262 g/mol. The first kappa shape index (κ1) is 13.5. The van der Waals surface area contributed by atoms with Crippen molar-refractivity contribution < 1.29 is 14.6 Å². The van der Waals surface area contributed by atoms with E-state index in [2.05, 4.69) is 0 Å². The highest BCUT2D eigenvalue weighted by atomic mass is 35.5. The molecule has 0 bridgehead atoms. The Morgan fingerprint density at radius 3 is 2.75 bits per heavy atom. The van der Waals surface area contributed by atoms with Gasteiger partial charge in [0.25, 0.3) is 0 Å². The van der Waals surface area contributed by atoms with E-state index in [4.69, 9.17) is 21.1 Å². The van der Waals surface area contributed by atoms with Crippen LogP contribution in [0.2, 0.25) is 5.02 Å². The number of benzene rings is 1. The molecule has 0 unspecified atom stereocenters. The highest BCUT2D eigenvalue weighted by Crippen LogP contribution is 2.34. The van der Waals surface area contributed by atoms with Crippen LogP contribution in [0.1, 0.15) is 5.56 Å². The summed E-state index contributed by atoms with van der Waals surface area (Å²) in [6, 6.07) is 3.35. The van der Waals surface area contributed by atoms with Crippen LogP contribution < -0.4 is 9.47 Å². The van der Waals surface area contributed by atoms with Crippen LogP contribution in [0, 0.1) is 0 Å². The molecule has 1 aromatic rings. The van der Waals surface area contributed by atoms with Crippen LogP contribution in [0.25, 0.3) is 0 Å². The van der Waals surface area contributed by atoms with Gasteiger partial charge in [0.2, 0.25) is 0 Å². The molecule has 16 heavy (non-hydrogen) atoms. The molecule has 0 saturated carbocycles. The third-order valence-electron chi connectivity index (χ3n) is 2.02. The van der Waals surface area contributed by atoms with Crippen LogP contribution in [0.5, 0.6) is 11.5 Å². The Balaban J connectivity index is 2.93. The van der Waals surface area contributed by atoms with E-state index in [1.54, 1.807) is 31.0 Å². The molecule has 1 rings (SSSR count). The molecule has 0 heterocycles. The molecule has 5 heteroatoms. The van der Waals surface area contributed by atoms with Gasteiger partial charge in [0.05, 0.1) is 20.3 Å². The zero-order chi connectivity index (χ0) is 12.0. The molecule has 0 saturated heterocycles. The van der Waals surface area contributed by atoms with Crippen LogP contribution >= 0.6 is 23.4 Å². The van der Waals surface area contributed by atoms with Gasteiger partial charge in [-0.25, -0.2) is 0 Å². The van der Waals surface area contributed by atoms with Crippen molar-refractivity contribution in [3.8, 4) is 11.5 Å². The second kappa shape index (κ2) is 6.89. The lowest BCUT2D eigenvalue weighted by Gasteiger charge is -2.14. The predicted octanol–water partition coefficient (Wildman–Crippen LogP) is 2.58. The van der Waals surface area contributed by atoms with Crippen LogP contribution in [0.3, 0.4) is 0 Å². The lowest BCUT2D eigenvalue weighted by Crippen LogP contribution is -2.04. The molecule has 90 valence electrons. The first-order valence-corrected chi connectivity index (χ1v) is 6.59. The summed E-state index contributed by atoms with van der Waals surface area (Å²) in [7, 11) is 1.55. The summed E-state index contributed by atoms with van der Waals surface area (Å²) in [5.74, 6) is 2.01. The number of thioether (sulfide) groups is 1. The lowest BCUT2D eigenvalue weighted by molar-refractivity contribution is 0.261. The Kier molecular flexibility index (Phi) is 5.80. The van der Waals surface area contributed by atoms with Gasteiger partial charge < -0.3 is 14.6 Å². The molecule has 0 aliphatic rings. The quantitative estimate of drug-likeness (QED) is 0.800. The number of rotatable bonds is 6. The zero-order valence-corrected chi connectivity index (χ0v) is 10.9. The van der Waals surface area contributed by atoms with E-state index in [1.165, 1.54) is 0 Å². The normalized spacial score (nSPS) is 10.2. The maximum absolute atomic E-state index is 9.22. The third-order valence-corrected chi connectivity index (χ3v) is 2.81. The van der Waals surface area contributed by atoms with Crippen LogP contribution in [0.15, 0.2) is 12.1 Å². The van der Waals surface area contributed by atoms with Gasteiger partial charge in [-0.3, -0.25) is 0 Å². The van der Waals surface area contributed by atoms with Gasteiger partial charge in [-0.05, 0) is 12.3 Å². The van der Waals surface area contributed by atoms with Crippen molar-refractivity contribution in [3.63, 3.8) is 0 Å². The summed E-state index contributed by atoms with van der Waals surface area (Å²) in [4.78, 5) is 0. The molecule has 1 aromatic carbocycles. The minimum atomic E-state index is -0.120. The molecule has 0 amide bonds. The fourth-order valence-corrected chi connectivity index (χ4v) is 1.76. The largest absolute Gasteiger partial charge is 0.493 e. The molecular formula is C11H15ClO3S. The molecule has 0 aliphatic carbocycles. The maximum Gasteiger partial charge on any atom is 0.166 e. The van der Waals surface area contributed by atoms with Crippen molar-refractivity contribution in [1.82, 2.24) is 0 Å². The van der Waals surface area contributed by atoms with Crippen molar-refractivity contribution >= 4 is 23.4 Å². The minimum absolute atomic E-state index is 0.120. The third kappa shape index (κ3) is 3.47. The summed E-state index contributed by atoms with van der Waals surface area (Å²) in [6.07, 6.45) is 2.01. The van der Waals surface area contributed by atoms with Gasteiger partial charge in [-0.2, -0.15) is 11.8 Å². The smallest absolute Gasteiger partial charge is 0.166 e. The second-order valence-electron chi connectivity index (χ2n) is 3.10. The van der Waals surface area contributed by atoms with Gasteiger partial charge in [-0.15, -0.1) is 0 Å². The number of aliphatic hydroxyl groups excluding tert-OH is 1. The van der Waals surface area contributed by atoms with Gasteiger partial charge >= 0.3 is 0 Å². The molecule has 0 aromatic heterocycles. The van der Waals surface area contributed by atoms with E-state index < -0.39 is 0 Å². The van der Waals surface area contributed by atoms with Gasteiger partial charge in [0, 0.05) is 22.4 Å². The summed E-state index contributed by atoms with van der Waals surface area (Å²) >= 11 is 7.59. The first-order valence-electron chi connectivity index (χ1n) is 4.82. The summed E-state index contributed by atoms with van der Waals surface area (Å²) in [5, 5.41) is 9.75. The van der Waals surface area contributed by atoms with Crippen molar-refractivity contribution in [2.24, 2.45) is 0 Å². The Morgan fingerprint density at radius 1 is 1.44 bits per heavy atom. The van der Waals surface area contributed by atoms with Crippen molar-refractivity contribution in [1.29, 1.82) is 0 Å². The van der Waals surface area contributed by atoms with Crippen molar-refractivity contribution in [2.75, 3.05) is 25.7 Å². The molecule has 0 spiro atoms. The highest BCUT2D eigenvalue weighted by Gasteiger charge is 2.11. The average Bonchev–Trinajstić information content (AvgIpc) is 2.30. The first-order chi connectivity index (χ1) is 7.72. The Bertz CT molecular complexity index is 319. The molecule has 0 atom stereocenters. The zero-order valence-electron chi connectivity index (χ0n) is 9.33. The number of hydrogen-bond donors (Lipinski definition) is 1. The number of hydrogen-bond acceptors (Lipinski definition) is 4. The molecule has 0 radical (unpaired) electrons. The highest BCUT2D eigenvalue weighted by molar-refractivity contribution is 7.98. The Labute approximate surface area is 105 Å². The van der Waals surface area contributed by atoms with Crippen LogP contribution in [-0.4, -0.2) is 30.8 Å². The number of aliphatic hydroxyl groups is 1. The van der Waals surface area contributed by atoms with E-state index in [9.17, 15) is 5.11 Å². The average molecular weight is 263 g/mol. The van der Waals surface area contributed by atoms with E-state index in [0.29, 0.717) is 28.7 Å². The maximum atomic E-state index is 9.22. The summed E-state index contributed by atoms with van der Waals surface area (Å²) < 4.78 is 10.8. The molecule has 0 aliphatic heterocycles. The van der Waals surface area contributed by atoms with Crippen LogP contribution in [-0.2, 0) is 6.61 Å². The van der Waals surface area contributed by atoms with Gasteiger partial charge in [0.15, 0.2) is 11.5 Å². The van der Waals surface area contributed by atoms with Crippen LogP contribution in [0.4, 0.5) is 0 Å². The van der Waals surface area contributed by atoms with E-state index >= 15 is 0 Å². The molecular weight excluding hydrogens is 248 g/mol.